The molecule has 0 unspecified atom stereocenters. The number of hydrogen-bond acceptors (Lipinski definition) is 5. The molecule has 0 fully saturated rings. The predicted molar refractivity (Wildman–Crippen MR) is 107 cm³/mol. The Hall–Kier alpha value is -3.68. The number of pyridine rings is 1. The number of rotatable bonds is 8. The van der Waals surface area contributed by atoms with Gasteiger partial charge in [-0.15, -0.1) is 0 Å². The van der Waals surface area contributed by atoms with Crippen LogP contribution in [-0.2, 0) is 11.3 Å². The van der Waals surface area contributed by atoms with Crippen molar-refractivity contribution < 1.29 is 27.8 Å². The van der Waals surface area contributed by atoms with Crippen molar-refractivity contribution in [3.05, 3.63) is 72.2 Å². The number of amides is 1. The van der Waals surface area contributed by atoms with Gasteiger partial charge in [0.15, 0.2) is 11.6 Å². The highest BCUT2D eigenvalue weighted by atomic mass is 19.1. The maximum atomic E-state index is 14.0. The summed E-state index contributed by atoms with van der Waals surface area (Å²) in [6.45, 7) is 0.380. The van der Waals surface area contributed by atoms with Gasteiger partial charge in [-0.2, -0.15) is 0 Å². The highest BCUT2D eigenvalue weighted by Gasteiger charge is 2.21. The van der Waals surface area contributed by atoms with Crippen molar-refractivity contribution in [1.82, 2.24) is 4.98 Å². The number of halogens is 2. The van der Waals surface area contributed by atoms with Gasteiger partial charge in [-0.25, -0.2) is 13.8 Å². The molecule has 8 heteroatoms. The van der Waals surface area contributed by atoms with Gasteiger partial charge < -0.3 is 19.1 Å². The standard InChI is InChI=1S/C22H20F2N2O4/c1-15(27)26(13-16-12-17(28-2)9-10-20(16)29-14-23)19-7-5-11-25-22(19)30-21-8-4-3-6-18(21)24/h3-12H,13-14H2,1-2H3. The fourth-order valence-corrected chi connectivity index (χ4v) is 2.84. The molecule has 30 heavy (non-hydrogen) atoms. The third kappa shape index (κ3) is 4.83. The van der Waals surface area contributed by atoms with Crippen molar-refractivity contribution in [2.75, 3.05) is 18.9 Å². The van der Waals surface area contributed by atoms with Crippen molar-refractivity contribution in [1.29, 1.82) is 0 Å². The monoisotopic (exact) mass is 414 g/mol. The summed E-state index contributed by atoms with van der Waals surface area (Å²) in [5, 5.41) is 0. The number of anilines is 1. The smallest absolute Gasteiger partial charge is 0.243 e. The summed E-state index contributed by atoms with van der Waals surface area (Å²) >= 11 is 0. The average Bonchev–Trinajstić information content (AvgIpc) is 2.75. The van der Waals surface area contributed by atoms with Crippen LogP contribution in [0, 0.1) is 5.82 Å². The van der Waals surface area contributed by atoms with E-state index in [4.69, 9.17) is 14.2 Å². The molecule has 3 aromatic rings. The van der Waals surface area contributed by atoms with Gasteiger partial charge in [-0.3, -0.25) is 4.79 Å². The zero-order valence-electron chi connectivity index (χ0n) is 16.5. The van der Waals surface area contributed by atoms with Crippen LogP contribution in [0.3, 0.4) is 0 Å². The number of nitrogens with zero attached hydrogens (tertiary/aromatic N) is 2. The first-order chi connectivity index (χ1) is 14.5. The first-order valence-electron chi connectivity index (χ1n) is 9.04. The number of carbonyl (C=O) groups excluding carboxylic acids is 1. The largest absolute Gasteiger partial charge is 0.497 e. The Bertz CT molecular complexity index is 1030. The number of hydrogen-bond donors (Lipinski definition) is 0. The lowest BCUT2D eigenvalue weighted by Crippen LogP contribution is -2.28. The lowest BCUT2D eigenvalue weighted by atomic mass is 10.1. The zero-order valence-corrected chi connectivity index (χ0v) is 16.5. The van der Waals surface area contributed by atoms with E-state index < -0.39 is 12.7 Å². The fourth-order valence-electron chi connectivity index (χ4n) is 2.84. The van der Waals surface area contributed by atoms with Gasteiger partial charge in [0.25, 0.3) is 0 Å². The van der Waals surface area contributed by atoms with Crippen LogP contribution in [-0.4, -0.2) is 24.9 Å². The van der Waals surface area contributed by atoms with E-state index in [1.165, 1.54) is 37.3 Å². The van der Waals surface area contributed by atoms with Crippen LogP contribution >= 0.6 is 0 Å². The minimum Gasteiger partial charge on any atom is -0.497 e. The Kier molecular flexibility index (Phi) is 6.79. The molecule has 0 bridgehead atoms. The number of ether oxygens (including phenoxy) is 3. The number of carbonyl (C=O) groups is 1. The zero-order chi connectivity index (χ0) is 21.5. The molecule has 0 spiro atoms. The summed E-state index contributed by atoms with van der Waals surface area (Å²) in [5.74, 6) is -0.0681. The normalized spacial score (nSPS) is 10.4. The van der Waals surface area contributed by atoms with Crippen molar-refractivity contribution in [2.45, 2.75) is 13.5 Å². The van der Waals surface area contributed by atoms with Crippen LogP contribution in [0.4, 0.5) is 14.5 Å². The molecule has 1 aromatic heterocycles. The topological polar surface area (TPSA) is 60.9 Å². The molecular formula is C22H20F2N2O4. The summed E-state index contributed by atoms with van der Waals surface area (Å²) in [4.78, 5) is 18.0. The molecule has 2 aromatic carbocycles. The molecule has 0 aliphatic heterocycles. The second kappa shape index (κ2) is 9.69. The van der Waals surface area contributed by atoms with Crippen molar-refractivity contribution in [3.63, 3.8) is 0 Å². The molecule has 0 saturated carbocycles. The van der Waals surface area contributed by atoms with Gasteiger partial charge in [0.1, 0.15) is 17.2 Å². The first kappa shape index (κ1) is 21.0. The van der Waals surface area contributed by atoms with Gasteiger partial charge >= 0.3 is 0 Å². The minimum atomic E-state index is -1.02. The third-order valence-electron chi connectivity index (χ3n) is 4.27. The van der Waals surface area contributed by atoms with Crippen LogP contribution in [0.15, 0.2) is 60.8 Å². The molecule has 0 radical (unpaired) electrons. The van der Waals surface area contributed by atoms with Gasteiger partial charge in [-0.1, -0.05) is 12.1 Å². The van der Waals surface area contributed by atoms with Crippen LogP contribution in [0.25, 0.3) is 0 Å². The predicted octanol–water partition coefficient (Wildman–Crippen LogP) is 4.88. The Morgan fingerprint density at radius 1 is 1.10 bits per heavy atom. The van der Waals surface area contributed by atoms with Crippen LogP contribution in [0.1, 0.15) is 12.5 Å². The van der Waals surface area contributed by atoms with Crippen molar-refractivity contribution in [3.8, 4) is 23.1 Å². The molecule has 0 aliphatic rings. The maximum Gasteiger partial charge on any atom is 0.243 e. The van der Waals surface area contributed by atoms with Crippen LogP contribution in [0.5, 0.6) is 23.1 Å². The van der Waals surface area contributed by atoms with Crippen molar-refractivity contribution in [2.24, 2.45) is 0 Å². The number of benzene rings is 2. The Morgan fingerprint density at radius 3 is 2.60 bits per heavy atom. The lowest BCUT2D eigenvalue weighted by molar-refractivity contribution is -0.116. The number of para-hydroxylation sites is 1. The molecule has 156 valence electrons. The van der Waals surface area contributed by atoms with Gasteiger partial charge in [0, 0.05) is 18.7 Å². The van der Waals surface area contributed by atoms with E-state index in [1.807, 2.05) is 0 Å². The molecular weight excluding hydrogens is 394 g/mol. The molecule has 0 saturated heterocycles. The molecule has 0 N–H and O–H groups in total. The van der Waals surface area contributed by atoms with Crippen LogP contribution < -0.4 is 19.1 Å². The number of aromatic nitrogens is 1. The third-order valence-corrected chi connectivity index (χ3v) is 4.27. The highest BCUT2D eigenvalue weighted by molar-refractivity contribution is 5.92. The Labute approximate surface area is 172 Å². The molecule has 0 aliphatic carbocycles. The van der Waals surface area contributed by atoms with E-state index in [0.717, 1.165) is 0 Å². The quantitative estimate of drug-likeness (QED) is 0.526. The van der Waals surface area contributed by atoms with E-state index in [-0.39, 0.29) is 29.8 Å². The summed E-state index contributed by atoms with van der Waals surface area (Å²) in [6, 6.07) is 14.0. The summed E-state index contributed by atoms with van der Waals surface area (Å²) in [5.41, 5.74) is 0.838. The Morgan fingerprint density at radius 2 is 1.90 bits per heavy atom. The Balaban J connectivity index is 1.99. The summed E-state index contributed by atoms with van der Waals surface area (Å²) in [6.07, 6.45) is 1.47. The maximum absolute atomic E-state index is 14.0. The first-order valence-corrected chi connectivity index (χ1v) is 9.04. The van der Waals surface area contributed by atoms with E-state index in [2.05, 4.69) is 4.98 Å². The molecule has 1 heterocycles. The lowest BCUT2D eigenvalue weighted by Gasteiger charge is -2.24. The van der Waals surface area contributed by atoms with E-state index in [9.17, 15) is 13.6 Å². The molecule has 3 rings (SSSR count). The second-order valence-corrected chi connectivity index (χ2v) is 6.19. The van der Waals surface area contributed by atoms with E-state index in [0.29, 0.717) is 17.0 Å². The number of alkyl halides is 1. The average molecular weight is 414 g/mol. The molecule has 6 nitrogen and oxygen atoms in total. The number of methoxy groups -OCH3 is 1. The minimum absolute atomic E-state index is 0.0243. The SMILES string of the molecule is COc1ccc(OCF)c(CN(C(C)=O)c2cccnc2Oc2ccccc2F)c1. The summed E-state index contributed by atoms with van der Waals surface area (Å²) in [7, 11) is 1.50. The van der Waals surface area contributed by atoms with Gasteiger partial charge in [0.2, 0.25) is 18.6 Å². The second-order valence-electron chi connectivity index (χ2n) is 6.19. The van der Waals surface area contributed by atoms with Gasteiger partial charge in [-0.05, 0) is 42.5 Å². The molecule has 0 atom stereocenters. The van der Waals surface area contributed by atoms with Crippen LogP contribution in [0.2, 0.25) is 0 Å². The van der Waals surface area contributed by atoms with Gasteiger partial charge in [0.05, 0.1) is 13.7 Å². The summed E-state index contributed by atoms with van der Waals surface area (Å²) < 4.78 is 42.7. The highest BCUT2D eigenvalue weighted by Crippen LogP contribution is 2.34. The van der Waals surface area contributed by atoms with E-state index in [1.54, 1.807) is 42.5 Å². The molecule has 1 amide bonds. The van der Waals surface area contributed by atoms with E-state index >= 15 is 0 Å². The van der Waals surface area contributed by atoms with Crippen molar-refractivity contribution >= 4 is 11.6 Å². The fraction of sp³-hybridized carbons (Fsp3) is 0.182.